The summed E-state index contributed by atoms with van der Waals surface area (Å²) in [6.07, 6.45) is 1.48. The van der Waals surface area contributed by atoms with Crippen LogP contribution in [-0.4, -0.2) is 32.7 Å². The lowest BCUT2D eigenvalue weighted by atomic mass is 10.2. The number of hydrogen-bond acceptors (Lipinski definition) is 5. The molecule has 3 rings (SSSR count). The van der Waals surface area contributed by atoms with Gasteiger partial charge in [0.25, 0.3) is 5.91 Å². The number of rotatable bonds is 5. The van der Waals surface area contributed by atoms with Crippen LogP contribution in [0.5, 0.6) is 5.75 Å². The second kappa shape index (κ2) is 6.86. The van der Waals surface area contributed by atoms with Crippen molar-refractivity contribution in [2.45, 2.75) is 6.92 Å². The van der Waals surface area contributed by atoms with Gasteiger partial charge in [0.15, 0.2) is 6.61 Å². The molecule has 3 aromatic rings. The topological polar surface area (TPSA) is 81.9 Å². The van der Waals surface area contributed by atoms with Crippen molar-refractivity contribution in [2.24, 2.45) is 0 Å². The predicted octanol–water partition coefficient (Wildman–Crippen LogP) is 2.13. The van der Waals surface area contributed by atoms with Crippen LogP contribution in [0, 0.1) is 12.7 Å². The average molecular weight is 327 g/mol. The van der Waals surface area contributed by atoms with E-state index in [0.29, 0.717) is 11.4 Å². The van der Waals surface area contributed by atoms with Gasteiger partial charge in [-0.05, 0) is 59.3 Å². The third-order valence-corrected chi connectivity index (χ3v) is 3.29. The molecule has 1 amide bonds. The largest absolute Gasteiger partial charge is 0.484 e. The minimum atomic E-state index is -0.407. The molecular formula is C16H14FN5O2. The van der Waals surface area contributed by atoms with Gasteiger partial charge in [-0.15, -0.1) is 5.10 Å². The van der Waals surface area contributed by atoms with E-state index < -0.39 is 5.82 Å². The van der Waals surface area contributed by atoms with Gasteiger partial charge in [-0.2, -0.15) is 0 Å². The second-order valence-electron chi connectivity index (χ2n) is 5.04. The first-order valence-electron chi connectivity index (χ1n) is 7.14. The highest BCUT2D eigenvalue weighted by Gasteiger charge is 2.07. The van der Waals surface area contributed by atoms with Gasteiger partial charge >= 0.3 is 0 Å². The van der Waals surface area contributed by atoms with Crippen molar-refractivity contribution in [3.63, 3.8) is 0 Å². The number of ether oxygens (including phenoxy) is 1. The zero-order valence-corrected chi connectivity index (χ0v) is 12.8. The smallest absolute Gasteiger partial charge is 0.262 e. The zero-order chi connectivity index (χ0) is 16.9. The number of halogens is 1. The SMILES string of the molecule is Cc1ccc(F)cc1NC(=O)COc1ccc(-n2cnnn2)cc1. The molecule has 24 heavy (non-hydrogen) atoms. The van der Waals surface area contributed by atoms with Crippen LogP contribution in [0.15, 0.2) is 48.8 Å². The fraction of sp³-hybridized carbons (Fsp3) is 0.125. The molecule has 2 aromatic carbocycles. The van der Waals surface area contributed by atoms with Crippen molar-refractivity contribution < 1.29 is 13.9 Å². The first-order valence-corrected chi connectivity index (χ1v) is 7.14. The zero-order valence-electron chi connectivity index (χ0n) is 12.8. The van der Waals surface area contributed by atoms with Crippen molar-refractivity contribution in [3.8, 4) is 11.4 Å². The van der Waals surface area contributed by atoms with Crippen LogP contribution in [0.3, 0.4) is 0 Å². The van der Waals surface area contributed by atoms with E-state index in [4.69, 9.17) is 4.74 Å². The maximum atomic E-state index is 13.2. The second-order valence-corrected chi connectivity index (χ2v) is 5.04. The van der Waals surface area contributed by atoms with Crippen molar-refractivity contribution in [2.75, 3.05) is 11.9 Å². The number of carbonyl (C=O) groups excluding carboxylic acids is 1. The number of carbonyl (C=O) groups is 1. The standard InChI is InChI=1S/C16H14FN5O2/c1-11-2-3-12(17)8-15(11)19-16(23)9-24-14-6-4-13(5-7-14)22-10-18-20-21-22/h2-8,10H,9H2,1H3,(H,19,23). The van der Waals surface area contributed by atoms with Crippen LogP contribution in [0.2, 0.25) is 0 Å². The number of aryl methyl sites for hydroxylation is 1. The van der Waals surface area contributed by atoms with E-state index >= 15 is 0 Å². The lowest BCUT2D eigenvalue weighted by Crippen LogP contribution is -2.20. The summed E-state index contributed by atoms with van der Waals surface area (Å²) in [5, 5.41) is 13.5. The number of hydrogen-bond donors (Lipinski definition) is 1. The lowest BCUT2D eigenvalue weighted by molar-refractivity contribution is -0.118. The van der Waals surface area contributed by atoms with Gasteiger partial charge in [0.1, 0.15) is 17.9 Å². The van der Waals surface area contributed by atoms with E-state index in [1.165, 1.54) is 23.1 Å². The average Bonchev–Trinajstić information content (AvgIpc) is 3.11. The van der Waals surface area contributed by atoms with Crippen LogP contribution in [-0.2, 0) is 4.79 Å². The maximum absolute atomic E-state index is 13.2. The number of tetrazole rings is 1. The predicted molar refractivity (Wildman–Crippen MR) is 84.4 cm³/mol. The molecule has 7 nitrogen and oxygen atoms in total. The van der Waals surface area contributed by atoms with E-state index in [1.54, 1.807) is 37.3 Å². The maximum Gasteiger partial charge on any atom is 0.262 e. The number of nitrogens with zero attached hydrogens (tertiary/aromatic N) is 4. The van der Waals surface area contributed by atoms with Gasteiger partial charge in [0.2, 0.25) is 0 Å². The first kappa shape index (κ1) is 15.6. The van der Waals surface area contributed by atoms with Crippen molar-refractivity contribution in [1.29, 1.82) is 0 Å². The fourth-order valence-electron chi connectivity index (χ4n) is 2.04. The van der Waals surface area contributed by atoms with E-state index in [9.17, 15) is 9.18 Å². The Kier molecular flexibility index (Phi) is 4.46. The molecule has 0 aliphatic carbocycles. The summed E-state index contributed by atoms with van der Waals surface area (Å²) in [6, 6.07) is 11.2. The number of amides is 1. The van der Waals surface area contributed by atoms with Crippen molar-refractivity contribution >= 4 is 11.6 Å². The quantitative estimate of drug-likeness (QED) is 0.776. The molecule has 0 aliphatic rings. The first-order chi connectivity index (χ1) is 11.6. The molecule has 0 atom stereocenters. The Bertz CT molecular complexity index is 834. The fourth-order valence-corrected chi connectivity index (χ4v) is 2.04. The highest BCUT2D eigenvalue weighted by Crippen LogP contribution is 2.17. The molecule has 1 heterocycles. The number of nitrogens with one attached hydrogen (secondary N) is 1. The molecule has 0 radical (unpaired) electrons. The molecule has 0 fully saturated rings. The summed E-state index contributed by atoms with van der Waals surface area (Å²) >= 11 is 0. The van der Waals surface area contributed by atoms with Gasteiger partial charge in [-0.25, -0.2) is 9.07 Å². The number of benzene rings is 2. The Morgan fingerprint density at radius 3 is 2.75 bits per heavy atom. The molecular weight excluding hydrogens is 313 g/mol. The van der Waals surface area contributed by atoms with Gasteiger partial charge in [-0.3, -0.25) is 4.79 Å². The molecule has 0 unspecified atom stereocenters. The van der Waals surface area contributed by atoms with Crippen LogP contribution in [0.1, 0.15) is 5.56 Å². The van der Waals surface area contributed by atoms with Crippen LogP contribution in [0.25, 0.3) is 5.69 Å². The molecule has 0 bridgehead atoms. The highest BCUT2D eigenvalue weighted by molar-refractivity contribution is 5.92. The minimum Gasteiger partial charge on any atom is -0.484 e. The van der Waals surface area contributed by atoms with Gasteiger partial charge in [-0.1, -0.05) is 6.07 Å². The molecule has 0 spiro atoms. The monoisotopic (exact) mass is 327 g/mol. The third kappa shape index (κ3) is 3.72. The molecule has 1 aromatic heterocycles. The van der Waals surface area contributed by atoms with Crippen LogP contribution >= 0.6 is 0 Å². The highest BCUT2D eigenvalue weighted by atomic mass is 19.1. The number of anilines is 1. The Balaban J connectivity index is 1.57. The van der Waals surface area contributed by atoms with Gasteiger partial charge < -0.3 is 10.1 Å². The van der Waals surface area contributed by atoms with Crippen LogP contribution in [0.4, 0.5) is 10.1 Å². The summed E-state index contributed by atoms with van der Waals surface area (Å²) < 4.78 is 20.1. The Morgan fingerprint density at radius 1 is 1.25 bits per heavy atom. The summed E-state index contributed by atoms with van der Waals surface area (Å²) in [5.41, 5.74) is 1.97. The molecule has 1 N–H and O–H groups in total. The molecule has 0 saturated carbocycles. The summed E-state index contributed by atoms with van der Waals surface area (Å²) in [4.78, 5) is 11.9. The van der Waals surface area contributed by atoms with E-state index in [0.717, 1.165) is 11.3 Å². The molecule has 0 aliphatic heterocycles. The van der Waals surface area contributed by atoms with E-state index in [2.05, 4.69) is 20.8 Å². The Labute approximate surface area is 137 Å². The molecule has 0 saturated heterocycles. The van der Waals surface area contributed by atoms with E-state index in [1.807, 2.05) is 0 Å². The van der Waals surface area contributed by atoms with Gasteiger partial charge in [0.05, 0.1) is 5.69 Å². The van der Waals surface area contributed by atoms with Crippen LogP contribution < -0.4 is 10.1 Å². The van der Waals surface area contributed by atoms with E-state index in [-0.39, 0.29) is 12.5 Å². The summed E-state index contributed by atoms with van der Waals surface area (Å²) in [6.45, 7) is 1.60. The van der Waals surface area contributed by atoms with Crippen molar-refractivity contribution in [3.05, 3.63) is 60.2 Å². The Morgan fingerprint density at radius 2 is 2.04 bits per heavy atom. The third-order valence-electron chi connectivity index (χ3n) is 3.29. The normalized spacial score (nSPS) is 10.4. The minimum absolute atomic E-state index is 0.180. The molecule has 8 heteroatoms. The van der Waals surface area contributed by atoms with Gasteiger partial charge in [0, 0.05) is 5.69 Å². The van der Waals surface area contributed by atoms with Crippen molar-refractivity contribution in [1.82, 2.24) is 20.2 Å². The Hall–Kier alpha value is -3.29. The number of aromatic nitrogens is 4. The summed E-state index contributed by atoms with van der Waals surface area (Å²) in [5.74, 6) is -0.249. The summed E-state index contributed by atoms with van der Waals surface area (Å²) in [7, 11) is 0. The lowest BCUT2D eigenvalue weighted by Gasteiger charge is -2.10. The molecule has 122 valence electrons.